The summed E-state index contributed by atoms with van der Waals surface area (Å²) < 4.78 is 1.07. The van der Waals surface area contributed by atoms with Crippen molar-refractivity contribution in [3.05, 3.63) is 29.6 Å². The number of nitrogens with one attached hydrogen (secondary N) is 2. The highest BCUT2D eigenvalue weighted by Gasteiger charge is 2.22. The third-order valence-corrected chi connectivity index (χ3v) is 3.59. The summed E-state index contributed by atoms with van der Waals surface area (Å²) in [6.07, 6.45) is -0.688. The maximum atomic E-state index is 11.7. The SMILES string of the molecule is O=C(O)C[C@H](NC(=O)Nc1ccc2sccc2c1)C(=O)O. The van der Waals surface area contributed by atoms with E-state index in [2.05, 4.69) is 10.6 Å². The molecule has 1 aromatic heterocycles. The molecule has 2 aromatic rings. The minimum Gasteiger partial charge on any atom is -0.481 e. The van der Waals surface area contributed by atoms with E-state index in [-0.39, 0.29) is 0 Å². The topological polar surface area (TPSA) is 116 Å². The van der Waals surface area contributed by atoms with Crippen molar-refractivity contribution >= 4 is 45.1 Å². The molecule has 8 heteroatoms. The zero-order valence-electron chi connectivity index (χ0n) is 10.7. The summed E-state index contributed by atoms with van der Waals surface area (Å²) in [5, 5.41) is 24.9. The number of anilines is 1. The first-order valence-electron chi connectivity index (χ1n) is 5.95. The van der Waals surface area contributed by atoms with Gasteiger partial charge in [-0.25, -0.2) is 9.59 Å². The number of hydrogen-bond acceptors (Lipinski definition) is 4. The Morgan fingerprint density at radius 1 is 1.19 bits per heavy atom. The standard InChI is InChI=1S/C13H12N2O5S/c16-11(17)6-9(12(18)19)15-13(20)14-8-1-2-10-7(5-8)3-4-21-10/h1-5,9H,6H2,(H,16,17)(H,18,19)(H2,14,15,20)/t9-/m0/s1. The van der Waals surface area contributed by atoms with Gasteiger partial charge in [-0.1, -0.05) is 0 Å². The number of fused-ring (bicyclic) bond motifs is 1. The second-order valence-electron chi connectivity index (χ2n) is 4.26. The molecule has 0 aliphatic carbocycles. The number of thiophene rings is 1. The molecule has 0 fully saturated rings. The summed E-state index contributed by atoms with van der Waals surface area (Å²) in [7, 11) is 0. The summed E-state index contributed by atoms with van der Waals surface area (Å²) >= 11 is 1.56. The van der Waals surface area contributed by atoms with Crippen LogP contribution in [-0.4, -0.2) is 34.2 Å². The molecule has 0 aliphatic rings. The van der Waals surface area contributed by atoms with E-state index in [1.807, 2.05) is 17.5 Å². The van der Waals surface area contributed by atoms with Gasteiger partial charge < -0.3 is 20.8 Å². The Balaban J connectivity index is 2.02. The minimum atomic E-state index is -1.48. The highest BCUT2D eigenvalue weighted by Crippen LogP contribution is 2.23. The van der Waals surface area contributed by atoms with Crippen LogP contribution in [0.25, 0.3) is 10.1 Å². The van der Waals surface area contributed by atoms with E-state index >= 15 is 0 Å². The molecule has 0 saturated heterocycles. The van der Waals surface area contributed by atoms with Crippen LogP contribution in [0.2, 0.25) is 0 Å². The van der Waals surface area contributed by atoms with Gasteiger partial charge in [0.25, 0.3) is 0 Å². The fourth-order valence-corrected chi connectivity index (χ4v) is 2.52. The van der Waals surface area contributed by atoms with Crippen molar-refractivity contribution in [1.29, 1.82) is 0 Å². The summed E-state index contributed by atoms with van der Waals surface area (Å²) in [5.41, 5.74) is 0.498. The molecule has 7 nitrogen and oxygen atoms in total. The monoisotopic (exact) mass is 308 g/mol. The van der Waals surface area contributed by atoms with Crippen molar-refractivity contribution in [2.45, 2.75) is 12.5 Å². The Labute approximate surface area is 123 Å². The van der Waals surface area contributed by atoms with Gasteiger partial charge in [0.05, 0.1) is 6.42 Å². The number of carboxylic acids is 2. The van der Waals surface area contributed by atoms with Gasteiger partial charge in [-0.2, -0.15) is 0 Å². The zero-order valence-corrected chi connectivity index (χ0v) is 11.5. The van der Waals surface area contributed by atoms with Crippen LogP contribution in [-0.2, 0) is 9.59 Å². The molecule has 0 bridgehead atoms. The van der Waals surface area contributed by atoms with Crippen LogP contribution in [0.15, 0.2) is 29.6 Å². The highest BCUT2D eigenvalue weighted by molar-refractivity contribution is 7.17. The maximum Gasteiger partial charge on any atom is 0.326 e. The normalized spacial score (nSPS) is 11.8. The van der Waals surface area contributed by atoms with Gasteiger partial charge in [0.1, 0.15) is 6.04 Å². The number of rotatable bonds is 5. The largest absolute Gasteiger partial charge is 0.481 e. The highest BCUT2D eigenvalue weighted by atomic mass is 32.1. The van der Waals surface area contributed by atoms with Crippen molar-refractivity contribution in [1.82, 2.24) is 5.32 Å². The van der Waals surface area contributed by atoms with Gasteiger partial charge in [0.15, 0.2) is 0 Å². The number of urea groups is 1. The van der Waals surface area contributed by atoms with Crippen molar-refractivity contribution < 1.29 is 24.6 Å². The Morgan fingerprint density at radius 2 is 1.95 bits per heavy atom. The lowest BCUT2D eigenvalue weighted by atomic mass is 10.2. The predicted octanol–water partition coefficient (Wildman–Crippen LogP) is 1.95. The smallest absolute Gasteiger partial charge is 0.326 e. The molecule has 4 N–H and O–H groups in total. The van der Waals surface area contributed by atoms with E-state index in [1.165, 1.54) is 0 Å². The first-order chi connectivity index (χ1) is 9.95. The van der Waals surface area contributed by atoms with E-state index in [0.717, 1.165) is 10.1 Å². The third kappa shape index (κ3) is 3.93. The second kappa shape index (κ2) is 6.23. The Hall–Kier alpha value is -2.61. The average Bonchev–Trinajstić information content (AvgIpc) is 2.84. The number of carbonyl (C=O) groups excluding carboxylic acids is 1. The van der Waals surface area contributed by atoms with Gasteiger partial charge in [-0.15, -0.1) is 11.3 Å². The lowest BCUT2D eigenvalue weighted by Gasteiger charge is -2.13. The number of amides is 2. The number of carbonyl (C=O) groups is 3. The quantitative estimate of drug-likeness (QED) is 0.674. The van der Waals surface area contributed by atoms with Gasteiger partial charge in [-0.05, 0) is 35.0 Å². The van der Waals surface area contributed by atoms with E-state index in [1.54, 1.807) is 23.5 Å². The molecule has 1 aromatic carbocycles. The zero-order chi connectivity index (χ0) is 15.4. The van der Waals surface area contributed by atoms with Crippen molar-refractivity contribution in [2.75, 3.05) is 5.32 Å². The molecule has 110 valence electrons. The lowest BCUT2D eigenvalue weighted by molar-refractivity contribution is -0.145. The molecule has 21 heavy (non-hydrogen) atoms. The van der Waals surface area contributed by atoms with Gasteiger partial charge in [0, 0.05) is 10.4 Å². The average molecular weight is 308 g/mol. The van der Waals surface area contributed by atoms with Gasteiger partial charge >= 0.3 is 18.0 Å². The van der Waals surface area contributed by atoms with Crippen LogP contribution < -0.4 is 10.6 Å². The first-order valence-corrected chi connectivity index (χ1v) is 6.83. The van der Waals surface area contributed by atoms with Crippen LogP contribution in [0, 0.1) is 0 Å². The molecule has 0 unspecified atom stereocenters. The van der Waals surface area contributed by atoms with Crippen molar-refractivity contribution in [3.63, 3.8) is 0 Å². The molecule has 1 atom stereocenters. The Morgan fingerprint density at radius 3 is 2.62 bits per heavy atom. The van der Waals surface area contributed by atoms with Gasteiger partial charge in [0.2, 0.25) is 0 Å². The maximum absolute atomic E-state index is 11.7. The molecular formula is C13H12N2O5S. The second-order valence-corrected chi connectivity index (χ2v) is 5.21. The predicted molar refractivity (Wildman–Crippen MR) is 77.7 cm³/mol. The van der Waals surface area contributed by atoms with E-state index in [9.17, 15) is 14.4 Å². The van der Waals surface area contributed by atoms with Crippen LogP contribution in [0.4, 0.5) is 10.5 Å². The minimum absolute atomic E-state index is 0.498. The molecule has 2 amide bonds. The van der Waals surface area contributed by atoms with Crippen molar-refractivity contribution in [2.24, 2.45) is 0 Å². The van der Waals surface area contributed by atoms with E-state index in [4.69, 9.17) is 10.2 Å². The summed E-state index contributed by atoms with van der Waals surface area (Å²) in [6, 6.07) is 4.92. The molecule has 0 radical (unpaired) electrons. The van der Waals surface area contributed by atoms with Crippen molar-refractivity contribution in [3.8, 4) is 0 Å². The lowest BCUT2D eigenvalue weighted by Crippen LogP contribution is -2.44. The first kappa shape index (κ1) is 14.8. The van der Waals surface area contributed by atoms with Gasteiger partial charge in [-0.3, -0.25) is 4.79 Å². The molecule has 2 rings (SSSR count). The molecule has 0 aliphatic heterocycles. The fraction of sp³-hybridized carbons (Fsp3) is 0.154. The Kier molecular flexibility index (Phi) is 4.39. The fourth-order valence-electron chi connectivity index (χ4n) is 1.74. The summed E-state index contributed by atoms with van der Waals surface area (Å²) in [4.78, 5) is 33.1. The molecule has 0 saturated carbocycles. The number of carboxylic acid groups (broad SMARTS) is 2. The number of benzene rings is 1. The third-order valence-electron chi connectivity index (χ3n) is 2.69. The van der Waals surface area contributed by atoms with Crippen LogP contribution in [0.5, 0.6) is 0 Å². The molecule has 1 heterocycles. The molecule has 0 spiro atoms. The molecular weight excluding hydrogens is 296 g/mol. The summed E-state index contributed by atoms with van der Waals surface area (Å²) in [6.45, 7) is 0. The van der Waals surface area contributed by atoms with E-state index < -0.39 is 30.4 Å². The summed E-state index contributed by atoms with van der Waals surface area (Å²) in [5.74, 6) is -2.71. The Bertz CT molecular complexity index is 697. The number of aliphatic carboxylic acids is 2. The number of hydrogen-bond donors (Lipinski definition) is 4. The van der Waals surface area contributed by atoms with Crippen LogP contribution in [0.3, 0.4) is 0 Å². The van der Waals surface area contributed by atoms with Crippen LogP contribution in [0.1, 0.15) is 6.42 Å². The van der Waals surface area contributed by atoms with E-state index in [0.29, 0.717) is 5.69 Å². The van der Waals surface area contributed by atoms with Crippen LogP contribution >= 0.6 is 11.3 Å².